The van der Waals surface area contributed by atoms with Gasteiger partial charge in [0.1, 0.15) is 0 Å². The lowest BCUT2D eigenvalue weighted by molar-refractivity contribution is -0.140. The lowest BCUT2D eigenvalue weighted by Gasteiger charge is -2.50. The summed E-state index contributed by atoms with van der Waals surface area (Å²) in [7, 11) is 1.45. The quantitative estimate of drug-likeness (QED) is 0.261. The number of benzene rings is 3. The number of hydrogen-bond donors (Lipinski definition) is 1. The molecule has 1 N–H and O–H groups in total. The van der Waals surface area contributed by atoms with Gasteiger partial charge in [0.15, 0.2) is 11.5 Å². The zero-order chi connectivity index (χ0) is 31.8. The van der Waals surface area contributed by atoms with Gasteiger partial charge in [-0.25, -0.2) is 4.90 Å². The maximum absolute atomic E-state index is 15.2. The molecule has 2 aliphatic carbocycles. The molecule has 2 heterocycles. The van der Waals surface area contributed by atoms with Gasteiger partial charge in [0, 0.05) is 27.5 Å². The van der Waals surface area contributed by atoms with Crippen molar-refractivity contribution in [2.75, 3.05) is 18.6 Å². The monoisotopic (exact) mass is 688 g/mol. The maximum Gasteiger partial charge on any atom is 0.246 e. The molecule has 6 atom stereocenters. The molecule has 3 fully saturated rings. The molecule has 3 aromatic carbocycles. The van der Waals surface area contributed by atoms with Gasteiger partial charge >= 0.3 is 0 Å². The van der Waals surface area contributed by atoms with Crippen molar-refractivity contribution in [2.24, 2.45) is 23.7 Å². The standard InChI is InChI=1S/C35H30BrClN2O6/c1-3-38-31(41)23-13-12-22-24(28(23)33(38)43)17-26-32(42)39(21-11-7-10-20(37)16-21)34(44)35(26,18-8-5-4-6-9-18)29(22)25-14-19(36)15-27(45-2)30(25)40/h4-12,14-16,23-24,26,28-29,40H,3,13,17H2,1-2H3. The number of hydrogen-bond acceptors (Lipinski definition) is 6. The van der Waals surface area contributed by atoms with Gasteiger partial charge in [0.2, 0.25) is 23.6 Å². The molecule has 2 aliphatic heterocycles. The molecule has 0 aromatic heterocycles. The Morgan fingerprint density at radius 3 is 2.42 bits per heavy atom. The number of allylic oxidation sites excluding steroid dienone is 2. The van der Waals surface area contributed by atoms with Crippen molar-refractivity contribution in [1.29, 1.82) is 0 Å². The van der Waals surface area contributed by atoms with Crippen LogP contribution in [0.3, 0.4) is 0 Å². The van der Waals surface area contributed by atoms with E-state index in [9.17, 15) is 19.5 Å². The van der Waals surface area contributed by atoms with E-state index in [0.717, 1.165) is 5.57 Å². The number of rotatable bonds is 5. The van der Waals surface area contributed by atoms with Crippen molar-refractivity contribution in [3.8, 4) is 11.5 Å². The van der Waals surface area contributed by atoms with Crippen LogP contribution in [0.4, 0.5) is 5.69 Å². The molecular weight excluding hydrogens is 660 g/mol. The fraction of sp³-hybridized carbons (Fsp3) is 0.314. The Labute approximate surface area is 273 Å². The second-order valence-electron chi connectivity index (χ2n) is 12.1. The molecule has 1 saturated carbocycles. The van der Waals surface area contributed by atoms with E-state index in [1.165, 1.54) is 16.9 Å². The number of aromatic hydroxyl groups is 1. The first-order chi connectivity index (χ1) is 21.6. The summed E-state index contributed by atoms with van der Waals surface area (Å²) in [5.74, 6) is -4.79. The van der Waals surface area contributed by atoms with Crippen LogP contribution in [0.25, 0.3) is 0 Å². The molecule has 2 saturated heterocycles. The number of carbonyl (C=O) groups is 4. The third-order valence-corrected chi connectivity index (χ3v) is 10.9. The van der Waals surface area contributed by atoms with Gasteiger partial charge in [0.05, 0.1) is 36.0 Å². The van der Waals surface area contributed by atoms with Crippen molar-refractivity contribution in [2.45, 2.75) is 31.1 Å². The van der Waals surface area contributed by atoms with Crippen LogP contribution in [0.5, 0.6) is 11.5 Å². The Hall–Kier alpha value is -3.95. The highest BCUT2D eigenvalue weighted by molar-refractivity contribution is 9.10. The highest BCUT2D eigenvalue weighted by Gasteiger charge is 2.70. The topological polar surface area (TPSA) is 104 Å². The van der Waals surface area contributed by atoms with Crippen molar-refractivity contribution in [3.63, 3.8) is 0 Å². The highest BCUT2D eigenvalue weighted by Crippen LogP contribution is 2.65. The van der Waals surface area contributed by atoms with E-state index in [1.807, 2.05) is 36.4 Å². The first-order valence-electron chi connectivity index (χ1n) is 15.0. The van der Waals surface area contributed by atoms with E-state index in [0.29, 0.717) is 32.7 Å². The SMILES string of the molecule is CCN1C(=O)C2CC=C3C(CC4C(=O)N(c5cccc(Cl)c5)C(=O)C4(c4ccccc4)C3c3cc(Br)cc(OC)c3O)C2C1=O. The van der Waals surface area contributed by atoms with E-state index < -0.39 is 46.8 Å². The number of methoxy groups -OCH3 is 1. The Bertz CT molecular complexity index is 1810. The summed E-state index contributed by atoms with van der Waals surface area (Å²) in [5, 5.41) is 12.1. The van der Waals surface area contributed by atoms with Crippen molar-refractivity contribution >= 4 is 56.8 Å². The molecule has 8 nitrogen and oxygen atoms in total. The number of ether oxygens (including phenoxy) is 1. The highest BCUT2D eigenvalue weighted by atomic mass is 79.9. The summed E-state index contributed by atoms with van der Waals surface area (Å²) in [6.07, 6.45) is 2.46. The number of imide groups is 2. The van der Waals surface area contributed by atoms with Gasteiger partial charge < -0.3 is 9.84 Å². The Kier molecular flexibility index (Phi) is 7.17. The Balaban J connectivity index is 1.54. The number of nitrogens with zero attached hydrogens (tertiary/aromatic N) is 2. The summed E-state index contributed by atoms with van der Waals surface area (Å²) in [5.41, 5.74) is 0.625. The van der Waals surface area contributed by atoms with Crippen molar-refractivity contribution < 1.29 is 29.0 Å². The lowest BCUT2D eigenvalue weighted by atomic mass is 9.49. The number of likely N-dealkylation sites (tertiary alicyclic amines) is 1. The van der Waals surface area contributed by atoms with Gasteiger partial charge in [-0.2, -0.15) is 0 Å². The van der Waals surface area contributed by atoms with Crippen LogP contribution in [0.1, 0.15) is 36.8 Å². The Morgan fingerprint density at radius 2 is 1.73 bits per heavy atom. The average Bonchev–Trinajstić information content (AvgIpc) is 3.42. The molecule has 4 aliphatic rings. The summed E-state index contributed by atoms with van der Waals surface area (Å²) in [6.45, 7) is 2.04. The van der Waals surface area contributed by atoms with E-state index >= 15 is 4.79 Å². The summed E-state index contributed by atoms with van der Waals surface area (Å²) >= 11 is 9.91. The molecule has 6 unspecified atom stereocenters. The largest absolute Gasteiger partial charge is 0.504 e. The molecule has 45 heavy (non-hydrogen) atoms. The number of fused-ring (bicyclic) bond motifs is 4. The predicted octanol–water partition coefficient (Wildman–Crippen LogP) is 6.00. The first-order valence-corrected chi connectivity index (χ1v) is 16.1. The van der Waals surface area contributed by atoms with Gasteiger partial charge in [-0.15, -0.1) is 0 Å². The van der Waals surface area contributed by atoms with Crippen LogP contribution in [-0.2, 0) is 24.6 Å². The van der Waals surface area contributed by atoms with Gasteiger partial charge in [0.25, 0.3) is 0 Å². The zero-order valence-electron chi connectivity index (χ0n) is 24.6. The lowest BCUT2D eigenvalue weighted by Crippen LogP contribution is -2.53. The second-order valence-corrected chi connectivity index (χ2v) is 13.4. The number of carbonyl (C=O) groups excluding carboxylic acids is 4. The number of anilines is 1. The number of phenolic OH excluding ortho intramolecular Hbond substituents is 1. The van der Waals surface area contributed by atoms with Crippen LogP contribution < -0.4 is 9.64 Å². The minimum Gasteiger partial charge on any atom is -0.504 e. The maximum atomic E-state index is 15.2. The minimum absolute atomic E-state index is 0.158. The van der Waals surface area contributed by atoms with E-state index in [-0.39, 0.29) is 36.3 Å². The first kappa shape index (κ1) is 29.7. The van der Waals surface area contributed by atoms with E-state index in [4.69, 9.17) is 16.3 Å². The molecule has 4 amide bonds. The molecular formula is C35H30BrClN2O6. The van der Waals surface area contributed by atoms with Crippen LogP contribution in [0, 0.1) is 23.7 Å². The molecule has 3 aromatic rings. The van der Waals surface area contributed by atoms with E-state index in [2.05, 4.69) is 15.9 Å². The molecule has 7 rings (SSSR count). The molecule has 0 spiro atoms. The van der Waals surface area contributed by atoms with Gasteiger partial charge in [-0.05, 0) is 61.6 Å². The van der Waals surface area contributed by atoms with Crippen molar-refractivity contribution in [3.05, 3.63) is 99.0 Å². The molecule has 0 bridgehead atoms. The third-order valence-electron chi connectivity index (χ3n) is 10.2. The van der Waals surface area contributed by atoms with Gasteiger partial charge in [-0.3, -0.25) is 24.1 Å². The number of amides is 4. The van der Waals surface area contributed by atoms with Crippen molar-refractivity contribution in [1.82, 2.24) is 4.90 Å². The van der Waals surface area contributed by atoms with Gasteiger partial charge in [-0.1, -0.05) is 75.6 Å². The molecule has 230 valence electrons. The van der Waals surface area contributed by atoms with Crippen LogP contribution >= 0.6 is 27.5 Å². The number of phenols is 1. The smallest absolute Gasteiger partial charge is 0.246 e. The Morgan fingerprint density at radius 1 is 0.978 bits per heavy atom. The second kappa shape index (κ2) is 10.8. The molecule has 0 radical (unpaired) electrons. The summed E-state index contributed by atoms with van der Waals surface area (Å²) in [6, 6.07) is 19.2. The minimum atomic E-state index is -1.49. The van der Waals surface area contributed by atoms with Crippen LogP contribution in [0.15, 0.2) is 82.9 Å². The third kappa shape index (κ3) is 4.09. The fourth-order valence-electron chi connectivity index (χ4n) is 8.44. The number of halogens is 2. The summed E-state index contributed by atoms with van der Waals surface area (Å²) in [4.78, 5) is 59.6. The zero-order valence-corrected chi connectivity index (χ0v) is 26.9. The van der Waals surface area contributed by atoms with Crippen LogP contribution in [-0.4, -0.2) is 47.3 Å². The summed E-state index contributed by atoms with van der Waals surface area (Å²) < 4.78 is 6.15. The normalized spacial score (nSPS) is 29.0. The van der Waals surface area contributed by atoms with E-state index in [1.54, 1.807) is 43.3 Å². The predicted molar refractivity (Wildman–Crippen MR) is 171 cm³/mol. The van der Waals surface area contributed by atoms with Crippen LogP contribution in [0.2, 0.25) is 5.02 Å². The molecule has 10 heteroatoms. The average molecular weight is 690 g/mol. The fourth-order valence-corrected chi connectivity index (χ4v) is 9.07.